The molecule has 0 amide bonds. The zero-order valence-corrected chi connectivity index (χ0v) is 8.34. The van der Waals surface area contributed by atoms with Gasteiger partial charge in [-0.25, -0.2) is 0 Å². The number of hydrogen-bond acceptors (Lipinski definition) is 1. The highest BCUT2D eigenvalue weighted by molar-refractivity contribution is 5.39. The summed E-state index contributed by atoms with van der Waals surface area (Å²) in [6, 6.07) is 0. The lowest BCUT2D eigenvalue weighted by molar-refractivity contribution is 0.0549. The first kappa shape index (κ1) is 9.01. The highest BCUT2D eigenvalue weighted by atomic mass is 16.3. The molecular weight excluding hydrogens is 160 g/mol. The molecule has 13 heavy (non-hydrogen) atoms. The Morgan fingerprint density at radius 2 is 1.77 bits per heavy atom. The van der Waals surface area contributed by atoms with E-state index in [1.54, 1.807) is 0 Å². The SMILES string of the molecule is CC1=CCCC[C@@]2(O)CCCC=C12. The van der Waals surface area contributed by atoms with Crippen LogP contribution in [0, 0.1) is 0 Å². The minimum atomic E-state index is -0.477. The predicted octanol–water partition coefficient (Wildman–Crippen LogP) is 2.96. The van der Waals surface area contributed by atoms with Crippen molar-refractivity contribution in [1.29, 1.82) is 0 Å². The lowest BCUT2D eigenvalue weighted by atomic mass is 9.78. The van der Waals surface area contributed by atoms with Gasteiger partial charge in [-0.05, 0) is 56.6 Å². The lowest BCUT2D eigenvalue weighted by Crippen LogP contribution is -2.33. The minimum Gasteiger partial charge on any atom is -0.385 e. The summed E-state index contributed by atoms with van der Waals surface area (Å²) in [7, 11) is 0. The van der Waals surface area contributed by atoms with Gasteiger partial charge in [-0.15, -0.1) is 0 Å². The van der Waals surface area contributed by atoms with Gasteiger partial charge in [0, 0.05) is 0 Å². The summed E-state index contributed by atoms with van der Waals surface area (Å²) in [4.78, 5) is 0. The van der Waals surface area contributed by atoms with Crippen LogP contribution in [0.1, 0.15) is 45.4 Å². The molecule has 0 saturated carbocycles. The lowest BCUT2D eigenvalue weighted by Gasteiger charge is -2.33. The van der Waals surface area contributed by atoms with Crippen LogP contribution in [0.5, 0.6) is 0 Å². The van der Waals surface area contributed by atoms with E-state index in [9.17, 15) is 5.11 Å². The Bertz CT molecular complexity index is 262. The zero-order valence-electron chi connectivity index (χ0n) is 8.34. The van der Waals surface area contributed by atoms with Crippen LogP contribution in [0.2, 0.25) is 0 Å². The van der Waals surface area contributed by atoms with Gasteiger partial charge in [-0.2, -0.15) is 0 Å². The minimum absolute atomic E-state index is 0.477. The molecule has 0 aliphatic heterocycles. The third kappa shape index (κ3) is 1.58. The summed E-state index contributed by atoms with van der Waals surface area (Å²) in [5.74, 6) is 0. The fourth-order valence-electron chi connectivity index (χ4n) is 2.58. The summed E-state index contributed by atoms with van der Waals surface area (Å²) in [5.41, 5.74) is 2.05. The molecule has 2 aliphatic carbocycles. The standard InChI is InChI=1S/C12H18O/c1-10-6-2-4-8-12(13)9-5-3-7-11(10)12/h6-7,13H,2-5,8-9H2,1H3/t12-/m1/s1. The third-order valence-corrected chi connectivity index (χ3v) is 3.31. The predicted molar refractivity (Wildman–Crippen MR) is 54.5 cm³/mol. The Labute approximate surface area is 80.2 Å². The monoisotopic (exact) mass is 178 g/mol. The molecule has 1 nitrogen and oxygen atoms in total. The average molecular weight is 178 g/mol. The van der Waals surface area contributed by atoms with Crippen LogP contribution >= 0.6 is 0 Å². The van der Waals surface area contributed by atoms with Gasteiger partial charge < -0.3 is 5.11 Å². The topological polar surface area (TPSA) is 20.2 Å². The second-order valence-electron chi connectivity index (χ2n) is 4.32. The van der Waals surface area contributed by atoms with Crippen molar-refractivity contribution in [3.05, 3.63) is 23.3 Å². The molecule has 0 heterocycles. The molecule has 1 atom stereocenters. The number of aliphatic hydroxyl groups is 1. The van der Waals surface area contributed by atoms with Crippen LogP contribution in [0.3, 0.4) is 0 Å². The van der Waals surface area contributed by atoms with E-state index in [1.165, 1.54) is 11.1 Å². The summed E-state index contributed by atoms with van der Waals surface area (Å²) in [6.45, 7) is 2.13. The van der Waals surface area contributed by atoms with E-state index >= 15 is 0 Å². The van der Waals surface area contributed by atoms with Gasteiger partial charge in [0.05, 0.1) is 5.60 Å². The smallest absolute Gasteiger partial charge is 0.0896 e. The van der Waals surface area contributed by atoms with Crippen LogP contribution in [0.15, 0.2) is 23.3 Å². The largest absolute Gasteiger partial charge is 0.385 e. The summed E-state index contributed by atoms with van der Waals surface area (Å²) >= 11 is 0. The van der Waals surface area contributed by atoms with Crippen molar-refractivity contribution in [2.24, 2.45) is 0 Å². The molecule has 2 rings (SSSR count). The second kappa shape index (κ2) is 3.30. The molecule has 0 aromatic carbocycles. The van der Waals surface area contributed by atoms with Gasteiger partial charge in [0.25, 0.3) is 0 Å². The number of rotatable bonds is 0. The fourth-order valence-corrected chi connectivity index (χ4v) is 2.58. The van der Waals surface area contributed by atoms with Gasteiger partial charge in [0.15, 0.2) is 0 Å². The Balaban J connectivity index is 2.37. The molecule has 0 aromatic rings. The molecular formula is C12H18O. The van der Waals surface area contributed by atoms with E-state index in [2.05, 4.69) is 19.1 Å². The Hall–Kier alpha value is -0.560. The van der Waals surface area contributed by atoms with Crippen LogP contribution < -0.4 is 0 Å². The maximum absolute atomic E-state index is 10.4. The van der Waals surface area contributed by atoms with Crippen LogP contribution in [0.25, 0.3) is 0 Å². The van der Waals surface area contributed by atoms with Crippen LogP contribution in [0.4, 0.5) is 0 Å². The summed E-state index contributed by atoms with van der Waals surface area (Å²) in [6.07, 6.45) is 11.0. The summed E-state index contributed by atoms with van der Waals surface area (Å²) < 4.78 is 0. The van der Waals surface area contributed by atoms with E-state index in [4.69, 9.17) is 0 Å². The van der Waals surface area contributed by atoms with Gasteiger partial charge in [0.2, 0.25) is 0 Å². The molecule has 2 aliphatic rings. The first-order valence-electron chi connectivity index (χ1n) is 5.32. The number of allylic oxidation sites excluding steroid dienone is 2. The van der Waals surface area contributed by atoms with Gasteiger partial charge in [-0.1, -0.05) is 12.2 Å². The van der Waals surface area contributed by atoms with Crippen molar-refractivity contribution < 1.29 is 5.11 Å². The van der Waals surface area contributed by atoms with Crippen molar-refractivity contribution in [2.75, 3.05) is 0 Å². The first-order valence-corrected chi connectivity index (χ1v) is 5.32. The van der Waals surface area contributed by atoms with Crippen molar-refractivity contribution in [3.8, 4) is 0 Å². The number of fused-ring (bicyclic) bond motifs is 1. The first-order chi connectivity index (χ1) is 6.22. The Morgan fingerprint density at radius 1 is 1.15 bits per heavy atom. The van der Waals surface area contributed by atoms with Crippen molar-refractivity contribution in [2.45, 2.75) is 51.0 Å². The number of hydrogen-bond donors (Lipinski definition) is 1. The molecule has 0 spiro atoms. The molecule has 0 fully saturated rings. The molecule has 0 bridgehead atoms. The maximum Gasteiger partial charge on any atom is 0.0896 e. The van der Waals surface area contributed by atoms with Gasteiger partial charge in [-0.3, -0.25) is 0 Å². The fraction of sp³-hybridized carbons (Fsp3) is 0.667. The molecule has 0 saturated heterocycles. The molecule has 1 heteroatoms. The van der Waals surface area contributed by atoms with E-state index in [-0.39, 0.29) is 0 Å². The highest BCUT2D eigenvalue weighted by Crippen LogP contribution is 2.39. The average Bonchev–Trinajstić information content (AvgIpc) is 2.26. The van der Waals surface area contributed by atoms with Crippen molar-refractivity contribution in [1.82, 2.24) is 0 Å². The van der Waals surface area contributed by atoms with Crippen molar-refractivity contribution >= 4 is 0 Å². The van der Waals surface area contributed by atoms with E-state index in [0.717, 1.165) is 38.5 Å². The third-order valence-electron chi connectivity index (χ3n) is 3.31. The van der Waals surface area contributed by atoms with E-state index in [0.29, 0.717) is 0 Å². The molecule has 72 valence electrons. The molecule has 0 aromatic heterocycles. The quantitative estimate of drug-likeness (QED) is 0.604. The van der Waals surface area contributed by atoms with Gasteiger partial charge in [0.1, 0.15) is 0 Å². The Morgan fingerprint density at radius 3 is 2.46 bits per heavy atom. The summed E-state index contributed by atoms with van der Waals surface area (Å²) in [5, 5.41) is 10.4. The molecule has 1 N–H and O–H groups in total. The van der Waals surface area contributed by atoms with E-state index < -0.39 is 5.60 Å². The van der Waals surface area contributed by atoms with E-state index in [1.807, 2.05) is 0 Å². The van der Waals surface area contributed by atoms with Gasteiger partial charge >= 0.3 is 0 Å². The van der Waals surface area contributed by atoms with Crippen molar-refractivity contribution in [3.63, 3.8) is 0 Å². The molecule has 0 radical (unpaired) electrons. The molecule has 0 unspecified atom stereocenters. The second-order valence-corrected chi connectivity index (χ2v) is 4.32. The Kier molecular flexibility index (Phi) is 2.29. The highest BCUT2D eigenvalue weighted by Gasteiger charge is 2.34. The van der Waals surface area contributed by atoms with Crippen LogP contribution in [-0.4, -0.2) is 10.7 Å². The van der Waals surface area contributed by atoms with Crippen LogP contribution in [-0.2, 0) is 0 Å². The zero-order chi connectivity index (χ0) is 9.31. The normalized spacial score (nSPS) is 34.3. The maximum atomic E-state index is 10.4.